The summed E-state index contributed by atoms with van der Waals surface area (Å²) in [5.74, 6) is 0. The summed E-state index contributed by atoms with van der Waals surface area (Å²) in [5.41, 5.74) is 1.48. The number of fused-ring (bicyclic) bond motifs is 12. The normalized spacial score (nSPS) is 16.5. The summed E-state index contributed by atoms with van der Waals surface area (Å²) < 4.78 is 271. The third kappa shape index (κ3) is 8.86. The molecule has 16 rings (SSSR count). The Hall–Kier alpha value is -9.23. The van der Waals surface area contributed by atoms with Crippen LogP contribution in [-0.2, 0) is 0 Å². The van der Waals surface area contributed by atoms with Gasteiger partial charge in [0.1, 0.15) is 22.3 Å². The van der Waals surface area contributed by atoms with Crippen LogP contribution in [0.5, 0.6) is 0 Å². The van der Waals surface area contributed by atoms with Gasteiger partial charge in [-0.25, -0.2) is 0 Å². The molecular weight excluding hydrogens is 1040 g/mol. The lowest BCUT2D eigenvalue weighted by Gasteiger charge is -2.18. The lowest BCUT2D eigenvalue weighted by molar-refractivity contribution is 0.426. The highest BCUT2D eigenvalue weighted by atomic mass is 79.9. The molecule has 0 atom stereocenters. The van der Waals surface area contributed by atoms with E-state index < -0.39 is 216 Å². The molecule has 0 fully saturated rings. The maximum Gasteiger partial charge on any atom is 0.489 e. The van der Waals surface area contributed by atoms with Crippen molar-refractivity contribution in [2.45, 2.75) is 7.43 Å². The molecule has 0 spiro atoms. The lowest BCUT2D eigenvalue weighted by Crippen LogP contribution is -2.30. The highest BCUT2D eigenvalue weighted by Crippen LogP contribution is 2.48. The van der Waals surface area contributed by atoms with Crippen LogP contribution in [-0.4, -0.2) is 25.6 Å². The zero-order valence-electron chi connectivity index (χ0n) is 70.3. The Morgan fingerprint density at radius 3 is 1.19 bits per heavy atom. The van der Waals surface area contributed by atoms with Gasteiger partial charge in [0.05, 0.1) is 41.1 Å². The minimum atomic E-state index is -1.48. The molecule has 0 aliphatic carbocycles. The number of furan rings is 2. The first kappa shape index (κ1) is 27.6. The van der Waals surface area contributed by atoms with Gasteiger partial charge in [-0.15, -0.1) is 0 Å². The smallest absolute Gasteiger partial charge is 0.456 e. The van der Waals surface area contributed by atoms with Gasteiger partial charge in [0.25, 0.3) is 0 Å². The number of rotatable bonds is 4. The zero-order chi connectivity index (χ0) is 78.4. The first-order chi connectivity index (χ1) is 51.0. The summed E-state index contributed by atoms with van der Waals surface area (Å²) in [4.78, 5) is 0. The van der Waals surface area contributed by atoms with Gasteiger partial charge in [-0.3, -0.25) is 0 Å². The highest BCUT2D eigenvalue weighted by molar-refractivity contribution is 9.10. The first-order valence-corrected chi connectivity index (χ1v) is 24.5. The molecule has 16 aromatic rings. The van der Waals surface area contributed by atoms with Crippen LogP contribution in [0.4, 0.5) is 0 Å². The van der Waals surface area contributed by atoms with Crippen LogP contribution in [0.15, 0.2) is 280 Å². The maximum absolute atomic E-state index is 9.36. The van der Waals surface area contributed by atoms with Gasteiger partial charge in [0.15, 0.2) is 0 Å². The molecule has 3 radical (unpaired) electrons. The van der Waals surface area contributed by atoms with E-state index >= 15 is 0 Å². The Kier molecular flexibility index (Phi) is 7.42. The van der Waals surface area contributed by atoms with Crippen molar-refractivity contribution in [1.29, 1.82) is 0 Å². The van der Waals surface area contributed by atoms with E-state index in [-0.39, 0.29) is 85.5 Å². The van der Waals surface area contributed by atoms with Crippen molar-refractivity contribution in [3.8, 4) is 33.4 Å². The fourth-order valence-electron chi connectivity index (χ4n) is 9.79. The van der Waals surface area contributed by atoms with Gasteiger partial charge in [0.2, 0.25) is 0 Å². The van der Waals surface area contributed by atoms with E-state index in [1.54, 1.807) is 54.6 Å². The SMILES string of the molecule is C.OB(O)c1cccc2oc3ccccc3c12.[2H]c1c([2H])c([2H])c2c([2H])c(-c3c4c([2H])c([2H])c([2H])c([2H])c4c(-c4cccc5oc6ccccc6c45)c4c([2H])c([2H])c([2H])c([2H])c34)c([2H])c([2H])c2c1[2H].[2H]c1c([2H])c([2H])c2c([2H])c(-c3c4c([2H])c([2H])c([2H])c([2H])c4c(Br)c4c([2H])c([2H])c([2H])c([2H])c34)c([2H])c([2H])c2c1[2H].[B]. The molecule has 14 aromatic carbocycles. The predicted molar refractivity (Wildman–Crippen MR) is 345 cm³/mol. The number of hydrogen-bond donors (Lipinski definition) is 2. The van der Waals surface area contributed by atoms with Crippen molar-refractivity contribution in [1.82, 2.24) is 0 Å². The summed E-state index contributed by atoms with van der Waals surface area (Å²) in [6.07, 6.45) is 0. The highest BCUT2D eigenvalue weighted by Gasteiger charge is 2.22. The van der Waals surface area contributed by atoms with Crippen LogP contribution in [0, 0.1) is 0 Å². The van der Waals surface area contributed by atoms with Gasteiger partial charge < -0.3 is 18.9 Å². The standard InChI is InChI=1S/C36H22O.C24H15Br.C12H9BO3.CH4.B/c1-2-11-24-22-25(21-20-23(24)10-1)34-26-12-3-5-14-28(26)35(29-15-6-4-13-27(29)34)31-17-9-19-33-36(31)30-16-7-8-18-32(30)37-33;25-24-21-11-5-3-9-19(21)23(20-10-4-6-12-22(20)24)18-14-13-16-7-1-2-8-17(16)15-18;14-13(15)9-5-3-7-11-12(9)8-4-1-2-6-10(8)16-11;;/h1-22H;1-15H;1-7,14-15H;1H4;/i1D,2D,3D,4D,5D,6D,10D,11D,12D,13D,14D,15D,20D,21D,22D;1D,2D,3D,4D,5D,6D,7D,8D,9D,10D,11D,12D,13D,14D,15D;;;. The topological polar surface area (TPSA) is 66.7 Å². The van der Waals surface area contributed by atoms with Crippen LogP contribution in [0.25, 0.3) is 142 Å². The zero-order valence-corrected chi connectivity index (χ0v) is 41.9. The van der Waals surface area contributed by atoms with E-state index in [0.29, 0.717) is 38.5 Å². The largest absolute Gasteiger partial charge is 0.489 e. The second kappa shape index (κ2) is 21.5. The Morgan fingerprint density at radius 2 is 0.713 bits per heavy atom. The third-order valence-electron chi connectivity index (χ3n) is 13.1. The summed E-state index contributed by atoms with van der Waals surface area (Å²) >= 11 is 3.28. The van der Waals surface area contributed by atoms with E-state index in [1.165, 1.54) is 0 Å². The molecule has 379 valence electrons. The number of para-hydroxylation sites is 2. The maximum atomic E-state index is 9.36. The Labute approximate surface area is 515 Å². The van der Waals surface area contributed by atoms with Crippen molar-refractivity contribution in [3.63, 3.8) is 0 Å². The summed E-state index contributed by atoms with van der Waals surface area (Å²) in [6, 6.07) is 5.26. The van der Waals surface area contributed by atoms with Crippen molar-refractivity contribution in [2.24, 2.45) is 0 Å². The van der Waals surface area contributed by atoms with E-state index in [4.69, 9.17) is 41.7 Å². The molecular formula is C73H50B2BrO4. The minimum Gasteiger partial charge on any atom is -0.456 e. The van der Waals surface area contributed by atoms with Crippen LogP contribution >= 0.6 is 15.9 Å². The molecule has 80 heavy (non-hydrogen) atoms. The van der Waals surface area contributed by atoms with E-state index in [2.05, 4.69) is 15.9 Å². The van der Waals surface area contributed by atoms with Gasteiger partial charge >= 0.3 is 7.12 Å². The van der Waals surface area contributed by atoms with E-state index in [9.17, 15) is 18.3 Å². The number of halogens is 1. The molecule has 0 saturated heterocycles. The fourth-order valence-corrected chi connectivity index (χ4v) is 10.4. The monoisotopic (exact) mass is 1120 g/mol. The summed E-state index contributed by atoms with van der Waals surface area (Å²) in [6.45, 7) is 0. The minimum absolute atomic E-state index is 0. The van der Waals surface area contributed by atoms with Crippen molar-refractivity contribution in [2.75, 3.05) is 0 Å². The molecule has 0 aliphatic heterocycles. The van der Waals surface area contributed by atoms with Crippen LogP contribution in [0.3, 0.4) is 0 Å². The van der Waals surface area contributed by atoms with Gasteiger partial charge in [-0.2, -0.15) is 0 Å². The Morgan fingerprint density at radius 1 is 0.350 bits per heavy atom. The molecule has 0 amide bonds. The number of hydrogen-bond acceptors (Lipinski definition) is 4. The fraction of sp³-hybridized carbons (Fsp3) is 0.0137. The molecule has 4 nitrogen and oxygen atoms in total. The molecule has 2 heterocycles. The quantitative estimate of drug-likeness (QED) is 0.136. The second-order valence-corrected chi connectivity index (χ2v) is 18.2. The summed E-state index contributed by atoms with van der Waals surface area (Å²) in [5, 5.41) is 17.9. The van der Waals surface area contributed by atoms with Crippen molar-refractivity contribution >= 4 is 145 Å². The van der Waals surface area contributed by atoms with Gasteiger partial charge in [-0.05, 0) is 156 Å². The van der Waals surface area contributed by atoms with Crippen molar-refractivity contribution < 1.29 is 60.0 Å². The van der Waals surface area contributed by atoms with Crippen LogP contribution in [0.1, 0.15) is 48.5 Å². The second-order valence-electron chi connectivity index (χ2n) is 17.4. The first-order valence-electron chi connectivity index (χ1n) is 38.7. The van der Waals surface area contributed by atoms with Crippen LogP contribution < -0.4 is 5.46 Å². The van der Waals surface area contributed by atoms with Gasteiger partial charge in [0, 0.05) is 34.4 Å². The van der Waals surface area contributed by atoms with E-state index in [0.717, 1.165) is 16.4 Å². The molecule has 2 N–H and O–H groups in total. The molecule has 0 aliphatic rings. The molecule has 0 saturated carbocycles. The molecule has 7 heteroatoms. The average Bonchev–Trinajstić information content (AvgIpc) is 0.760. The number of benzene rings is 14. The average molecular weight is 1120 g/mol. The molecule has 0 unspecified atom stereocenters. The molecule has 0 bridgehead atoms. The van der Waals surface area contributed by atoms with E-state index in [1.807, 2.05) is 30.3 Å². The lowest BCUT2D eigenvalue weighted by atomic mass is 9.77. The Balaban J connectivity index is 0.000000171. The predicted octanol–water partition coefficient (Wildman–Crippen LogP) is 19.5. The Bertz CT molecular complexity index is 6670. The summed E-state index contributed by atoms with van der Waals surface area (Å²) in [7, 11) is -1.48. The van der Waals surface area contributed by atoms with Gasteiger partial charge in [-0.1, -0.05) is 237 Å². The molecule has 2 aromatic heterocycles. The van der Waals surface area contributed by atoms with Crippen LogP contribution in [0.2, 0.25) is 0 Å². The third-order valence-corrected chi connectivity index (χ3v) is 13.9. The van der Waals surface area contributed by atoms with Crippen molar-refractivity contribution in [3.05, 3.63) is 271 Å².